The van der Waals surface area contributed by atoms with Gasteiger partial charge in [-0.1, -0.05) is 19.1 Å². The van der Waals surface area contributed by atoms with Crippen molar-refractivity contribution in [3.63, 3.8) is 0 Å². The van der Waals surface area contributed by atoms with Crippen molar-refractivity contribution < 1.29 is 13.2 Å². The van der Waals surface area contributed by atoms with Gasteiger partial charge in [0.05, 0.1) is 6.04 Å². The Morgan fingerprint density at radius 3 is 2.29 bits per heavy atom. The van der Waals surface area contributed by atoms with Crippen LogP contribution in [0.2, 0.25) is 0 Å². The van der Waals surface area contributed by atoms with Crippen LogP contribution in [0.3, 0.4) is 0 Å². The van der Waals surface area contributed by atoms with Gasteiger partial charge < -0.3 is 5.32 Å². The van der Waals surface area contributed by atoms with Crippen molar-refractivity contribution >= 4 is 0 Å². The first-order valence-corrected chi connectivity index (χ1v) is 6.97. The van der Waals surface area contributed by atoms with Crippen LogP contribution in [0.4, 0.5) is 13.2 Å². The molecule has 112 valence electrons. The molecule has 0 saturated carbocycles. The van der Waals surface area contributed by atoms with Crippen molar-refractivity contribution in [2.24, 2.45) is 0 Å². The van der Waals surface area contributed by atoms with E-state index in [0.717, 1.165) is 18.1 Å². The second-order valence-electron chi connectivity index (χ2n) is 5.05. The molecular formula is C17H18F3N. The predicted octanol–water partition coefficient (Wildman–Crippen LogP) is 4.50. The molecule has 2 aromatic carbocycles. The van der Waals surface area contributed by atoms with Gasteiger partial charge in [-0.3, -0.25) is 0 Å². The predicted molar refractivity (Wildman–Crippen MR) is 77.6 cm³/mol. The van der Waals surface area contributed by atoms with E-state index < -0.39 is 17.7 Å². The van der Waals surface area contributed by atoms with Crippen molar-refractivity contribution in [1.82, 2.24) is 5.32 Å². The van der Waals surface area contributed by atoms with Gasteiger partial charge in [0.25, 0.3) is 0 Å². The van der Waals surface area contributed by atoms with Gasteiger partial charge in [0.15, 0.2) is 0 Å². The Hall–Kier alpha value is -1.81. The SMILES string of the molecule is CCCNC(c1cc(F)ccc1C)c1ccc(F)cc1F. The van der Waals surface area contributed by atoms with Crippen molar-refractivity contribution in [1.29, 1.82) is 0 Å². The van der Waals surface area contributed by atoms with E-state index in [1.165, 1.54) is 24.3 Å². The number of hydrogen-bond acceptors (Lipinski definition) is 1. The summed E-state index contributed by atoms with van der Waals surface area (Å²) in [5, 5.41) is 3.20. The fraction of sp³-hybridized carbons (Fsp3) is 0.294. The smallest absolute Gasteiger partial charge is 0.131 e. The van der Waals surface area contributed by atoms with E-state index in [-0.39, 0.29) is 5.82 Å². The molecular weight excluding hydrogens is 275 g/mol. The van der Waals surface area contributed by atoms with Crippen LogP contribution in [0, 0.1) is 24.4 Å². The Morgan fingerprint density at radius 2 is 1.62 bits per heavy atom. The van der Waals surface area contributed by atoms with Gasteiger partial charge in [-0.25, -0.2) is 13.2 Å². The van der Waals surface area contributed by atoms with Crippen molar-refractivity contribution in [2.45, 2.75) is 26.3 Å². The molecule has 2 rings (SSSR count). The van der Waals surface area contributed by atoms with Crippen LogP contribution in [0.25, 0.3) is 0 Å². The minimum atomic E-state index is -0.632. The zero-order chi connectivity index (χ0) is 15.4. The van der Waals surface area contributed by atoms with Gasteiger partial charge in [-0.2, -0.15) is 0 Å². The standard InChI is InChI=1S/C17H18F3N/c1-3-8-21-17(14-7-6-13(19)10-16(14)20)15-9-12(18)5-4-11(15)2/h4-7,9-10,17,21H,3,8H2,1-2H3. The average Bonchev–Trinajstić information content (AvgIpc) is 2.44. The minimum Gasteiger partial charge on any atom is -0.306 e. The molecule has 1 nitrogen and oxygen atoms in total. The number of halogens is 3. The van der Waals surface area contributed by atoms with Gasteiger partial charge in [0.1, 0.15) is 17.5 Å². The normalized spacial score (nSPS) is 12.4. The molecule has 0 aliphatic rings. The van der Waals surface area contributed by atoms with Crippen LogP contribution in [0.5, 0.6) is 0 Å². The molecule has 0 spiro atoms. The highest BCUT2D eigenvalue weighted by molar-refractivity contribution is 5.38. The molecule has 4 heteroatoms. The van der Waals surface area contributed by atoms with Crippen LogP contribution >= 0.6 is 0 Å². The molecule has 0 amide bonds. The van der Waals surface area contributed by atoms with E-state index in [1.807, 2.05) is 13.8 Å². The topological polar surface area (TPSA) is 12.0 Å². The summed E-state index contributed by atoms with van der Waals surface area (Å²) in [6, 6.07) is 7.40. The molecule has 1 atom stereocenters. The monoisotopic (exact) mass is 293 g/mol. The molecule has 0 heterocycles. The lowest BCUT2D eigenvalue weighted by atomic mass is 9.94. The molecule has 21 heavy (non-hydrogen) atoms. The summed E-state index contributed by atoms with van der Waals surface area (Å²) < 4.78 is 40.7. The molecule has 0 aliphatic heterocycles. The second-order valence-corrected chi connectivity index (χ2v) is 5.05. The first-order valence-electron chi connectivity index (χ1n) is 6.97. The highest BCUT2D eigenvalue weighted by Crippen LogP contribution is 2.28. The Bertz CT molecular complexity index is 625. The Morgan fingerprint density at radius 1 is 0.952 bits per heavy atom. The van der Waals surface area contributed by atoms with Crippen LogP contribution in [0.1, 0.15) is 36.1 Å². The van der Waals surface area contributed by atoms with E-state index in [1.54, 1.807) is 6.07 Å². The van der Waals surface area contributed by atoms with Crippen LogP contribution in [0.15, 0.2) is 36.4 Å². The number of benzene rings is 2. The van der Waals surface area contributed by atoms with Crippen molar-refractivity contribution in [2.75, 3.05) is 6.54 Å². The zero-order valence-corrected chi connectivity index (χ0v) is 12.1. The molecule has 1 N–H and O–H groups in total. The van der Waals surface area contributed by atoms with Crippen molar-refractivity contribution in [3.8, 4) is 0 Å². The largest absolute Gasteiger partial charge is 0.306 e. The van der Waals surface area contributed by atoms with Crippen molar-refractivity contribution in [3.05, 3.63) is 70.5 Å². The van der Waals surface area contributed by atoms with E-state index in [2.05, 4.69) is 5.32 Å². The van der Waals surface area contributed by atoms with Gasteiger partial charge in [0, 0.05) is 11.6 Å². The van der Waals surface area contributed by atoms with E-state index in [9.17, 15) is 13.2 Å². The lowest BCUT2D eigenvalue weighted by molar-refractivity contribution is 0.529. The lowest BCUT2D eigenvalue weighted by Gasteiger charge is -2.22. The Balaban J connectivity index is 2.49. The summed E-state index contributed by atoms with van der Waals surface area (Å²) in [5.74, 6) is -1.63. The Labute approximate surface area is 122 Å². The van der Waals surface area contributed by atoms with E-state index in [0.29, 0.717) is 17.7 Å². The summed E-state index contributed by atoms with van der Waals surface area (Å²) in [7, 11) is 0. The van der Waals surface area contributed by atoms with E-state index in [4.69, 9.17) is 0 Å². The van der Waals surface area contributed by atoms with Gasteiger partial charge in [-0.05, 0) is 49.2 Å². The number of hydrogen-bond donors (Lipinski definition) is 1. The molecule has 2 aromatic rings. The molecule has 0 bridgehead atoms. The highest BCUT2D eigenvalue weighted by Gasteiger charge is 2.20. The number of aryl methyl sites for hydroxylation is 1. The van der Waals surface area contributed by atoms with Gasteiger partial charge >= 0.3 is 0 Å². The fourth-order valence-electron chi connectivity index (χ4n) is 2.33. The third-order valence-electron chi connectivity index (χ3n) is 3.42. The average molecular weight is 293 g/mol. The minimum absolute atomic E-state index is 0.318. The number of rotatable bonds is 5. The molecule has 0 saturated heterocycles. The first-order chi connectivity index (χ1) is 10.0. The summed E-state index contributed by atoms with van der Waals surface area (Å²) in [6.07, 6.45) is 0.855. The summed E-state index contributed by atoms with van der Waals surface area (Å²) in [6.45, 7) is 4.48. The Kier molecular flexibility index (Phi) is 5.02. The second kappa shape index (κ2) is 6.76. The van der Waals surface area contributed by atoms with Gasteiger partial charge in [-0.15, -0.1) is 0 Å². The highest BCUT2D eigenvalue weighted by atomic mass is 19.1. The van der Waals surface area contributed by atoms with Gasteiger partial charge in [0.2, 0.25) is 0 Å². The van der Waals surface area contributed by atoms with E-state index >= 15 is 0 Å². The maximum Gasteiger partial charge on any atom is 0.131 e. The summed E-state index contributed by atoms with van der Waals surface area (Å²) in [4.78, 5) is 0. The summed E-state index contributed by atoms with van der Waals surface area (Å²) >= 11 is 0. The van der Waals surface area contributed by atoms with Crippen LogP contribution in [-0.2, 0) is 0 Å². The fourth-order valence-corrected chi connectivity index (χ4v) is 2.33. The maximum absolute atomic E-state index is 14.1. The van der Waals surface area contributed by atoms with Crippen LogP contribution in [-0.4, -0.2) is 6.54 Å². The van der Waals surface area contributed by atoms with Crippen LogP contribution < -0.4 is 5.32 Å². The molecule has 0 radical (unpaired) electrons. The molecule has 0 fully saturated rings. The third kappa shape index (κ3) is 3.64. The molecule has 0 aromatic heterocycles. The zero-order valence-electron chi connectivity index (χ0n) is 12.1. The molecule has 1 unspecified atom stereocenters. The quantitative estimate of drug-likeness (QED) is 0.855. The maximum atomic E-state index is 14.1. The number of nitrogens with one attached hydrogen (secondary N) is 1. The third-order valence-corrected chi connectivity index (χ3v) is 3.42. The lowest BCUT2D eigenvalue weighted by Crippen LogP contribution is -2.25. The summed E-state index contributed by atoms with van der Waals surface area (Å²) in [5.41, 5.74) is 1.83. The first kappa shape index (κ1) is 15.6. The molecule has 0 aliphatic carbocycles.